The van der Waals surface area contributed by atoms with Crippen molar-refractivity contribution in [2.75, 3.05) is 32.8 Å². The van der Waals surface area contributed by atoms with Crippen molar-refractivity contribution in [3.05, 3.63) is 59.7 Å². The number of carboxylic acids is 2. The molecule has 1 fully saturated rings. The predicted octanol–water partition coefficient (Wildman–Crippen LogP) is 4.92. The number of carbonyl (C=O) groups is 2. The van der Waals surface area contributed by atoms with Gasteiger partial charge in [-0.05, 0) is 56.8 Å². The first-order valence-corrected chi connectivity index (χ1v) is 12.3. The summed E-state index contributed by atoms with van der Waals surface area (Å²) in [6.45, 7) is 3.92. The van der Waals surface area contributed by atoms with Crippen LogP contribution in [0.25, 0.3) is 0 Å². The van der Waals surface area contributed by atoms with Gasteiger partial charge in [-0.25, -0.2) is 4.79 Å². The minimum absolute atomic E-state index is 0.0727. The van der Waals surface area contributed by atoms with Crippen LogP contribution in [0.2, 0.25) is 0 Å². The lowest BCUT2D eigenvalue weighted by Gasteiger charge is -2.38. The molecule has 2 aromatic carbocycles. The van der Waals surface area contributed by atoms with Crippen LogP contribution in [0.1, 0.15) is 43.2 Å². The van der Waals surface area contributed by atoms with Crippen molar-refractivity contribution >= 4 is 11.9 Å². The van der Waals surface area contributed by atoms with E-state index in [1.165, 1.54) is 11.1 Å². The highest BCUT2D eigenvalue weighted by molar-refractivity contribution is 5.73. The van der Waals surface area contributed by atoms with Gasteiger partial charge in [-0.1, -0.05) is 36.4 Å². The zero-order valence-corrected chi connectivity index (χ0v) is 20.5. The second-order valence-corrected chi connectivity index (χ2v) is 9.31. The Balaban J connectivity index is 0.000000479. The van der Waals surface area contributed by atoms with Crippen LogP contribution in [0.15, 0.2) is 48.5 Å². The summed E-state index contributed by atoms with van der Waals surface area (Å²) in [7, 11) is 0. The molecule has 1 spiro atoms. The summed E-state index contributed by atoms with van der Waals surface area (Å²) >= 11 is 0. The van der Waals surface area contributed by atoms with Crippen molar-refractivity contribution in [3.63, 3.8) is 0 Å². The van der Waals surface area contributed by atoms with Crippen molar-refractivity contribution in [2.45, 2.75) is 50.1 Å². The summed E-state index contributed by atoms with van der Waals surface area (Å²) in [5.74, 6) is -1.65. The predicted molar refractivity (Wildman–Crippen MR) is 130 cm³/mol. The zero-order valence-electron chi connectivity index (χ0n) is 20.5. The van der Waals surface area contributed by atoms with Crippen molar-refractivity contribution in [2.24, 2.45) is 0 Å². The Morgan fingerprint density at radius 1 is 1.03 bits per heavy atom. The van der Waals surface area contributed by atoms with Crippen molar-refractivity contribution in [1.82, 2.24) is 4.90 Å². The third-order valence-corrected chi connectivity index (χ3v) is 6.70. The van der Waals surface area contributed by atoms with Gasteiger partial charge < -0.3 is 24.6 Å². The molecule has 0 radical (unpaired) electrons. The van der Waals surface area contributed by atoms with E-state index in [-0.39, 0.29) is 11.8 Å². The Morgan fingerprint density at radius 2 is 1.70 bits per heavy atom. The zero-order chi connectivity index (χ0) is 26.9. The highest BCUT2D eigenvalue weighted by atomic mass is 19.4. The molecule has 1 saturated heterocycles. The molecule has 0 aromatic heterocycles. The lowest BCUT2D eigenvalue weighted by atomic mass is 9.74. The summed E-state index contributed by atoms with van der Waals surface area (Å²) < 4.78 is 43.8. The average molecular weight is 524 g/mol. The van der Waals surface area contributed by atoms with Crippen LogP contribution in [0, 0.1) is 0 Å². The van der Waals surface area contributed by atoms with Crippen LogP contribution in [0.5, 0.6) is 11.5 Å². The van der Waals surface area contributed by atoms with Gasteiger partial charge in [0.25, 0.3) is 0 Å². The van der Waals surface area contributed by atoms with E-state index >= 15 is 0 Å². The Hall–Kier alpha value is -3.27. The monoisotopic (exact) mass is 523 g/mol. The summed E-state index contributed by atoms with van der Waals surface area (Å²) in [5.41, 5.74) is 2.74. The van der Waals surface area contributed by atoms with Gasteiger partial charge in [0, 0.05) is 23.6 Å². The number of aryl methyl sites for hydroxylation is 1. The van der Waals surface area contributed by atoms with Gasteiger partial charge in [0.2, 0.25) is 0 Å². The molecular formula is C27H32F3NO6. The summed E-state index contributed by atoms with van der Waals surface area (Å²) in [4.78, 5) is 22.0. The van der Waals surface area contributed by atoms with Gasteiger partial charge in [-0.2, -0.15) is 13.2 Å². The van der Waals surface area contributed by atoms with E-state index in [2.05, 4.69) is 47.4 Å². The quantitative estimate of drug-likeness (QED) is 0.451. The minimum atomic E-state index is -5.08. The lowest BCUT2D eigenvalue weighted by Crippen LogP contribution is -2.44. The van der Waals surface area contributed by atoms with Gasteiger partial charge >= 0.3 is 18.1 Å². The number of alkyl halides is 3. The first-order valence-electron chi connectivity index (χ1n) is 12.3. The van der Waals surface area contributed by atoms with Gasteiger partial charge in [0.15, 0.2) is 0 Å². The van der Waals surface area contributed by atoms with E-state index in [1.807, 2.05) is 6.07 Å². The number of piperidine rings is 1. The molecule has 0 unspecified atom stereocenters. The number of hydrogen-bond acceptors (Lipinski definition) is 5. The number of unbranched alkanes of at least 4 members (excludes halogenated alkanes) is 1. The van der Waals surface area contributed by atoms with Crippen LogP contribution < -0.4 is 9.47 Å². The highest BCUT2D eigenvalue weighted by Gasteiger charge is 2.43. The topological polar surface area (TPSA) is 96.3 Å². The number of rotatable bonds is 9. The normalized spacial score (nSPS) is 16.3. The smallest absolute Gasteiger partial charge is 0.490 e. The second kappa shape index (κ2) is 12.8. The molecule has 10 heteroatoms. The fourth-order valence-electron chi connectivity index (χ4n) is 4.58. The molecule has 202 valence electrons. The molecular weight excluding hydrogens is 491 g/mol. The number of hydrogen-bond donors (Lipinski definition) is 2. The SMILES string of the molecule is O=C(O)C(F)(F)F.O=C(O)CCN1CCC2(CC1)COc1cc(OCCCCc3ccccc3)ccc12. The van der Waals surface area contributed by atoms with E-state index in [4.69, 9.17) is 24.5 Å². The van der Waals surface area contributed by atoms with Crippen molar-refractivity contribution in [3.8, 4) is 11.5 Å². The molecule has 2 heterocycles. The first kappa shape index (κ1) is 28.3. The Kier molecular flexibility index (Phi) is 9.79. The molecule has 7 nitrogen and oxygen atoms in total. The standard InChI is InChI=1S/C25H31NO4.C2HF3O2/c27-24(28)11-14-26-15-12-25(13-16-26)19-30-23-18-21(9-10-22(23)25)29-17-5-4-8-20-6-2-1-3-7-20;3-2(4,5)1(6)7/h1-3,6-7,9-10,18H,4-5,8,11-17,19H2,(H,27,28);(H,6,7). The molecule has 4 rings (SSSR count). The summed E-state index contributed by atoms with van der Waals surface area (Å²) in [5, 5.41) is 16.0. The van der Waals surface area contributed by atoms with Crippen molar-refractivity contribution in [1.29, 1.82) is 0 Å². The molecule has 2 N–H and O–H groups in total. The molecule has 37 heavy (non-hydrogen) atoms. The molecule has 0 bridgehead atoms. The number of ether oxygens (including phenoxy) is 2. The Bertz CT molecular complexity index is 1040. The number of aliphatic carboxylic acids is 2. The maximum Gasteiger partial charge on any atom is 0.490 e. The van der Waals surface area contributed by atoms with E-state index < -0.39 is 18.1 Å². The van der Waals surface area contributed by atoms with Crippen LogP contribution in [0.3, 0.4) is 0 Å². The van der Waals surface area contributed by atoms with E-state index in [0.29, 0.717) is 6.54 Å². The van der Waals surface area contributed by atoms with Crippen LogP contribution in [-0.2, 0) is 21.4 Å². The minimum Gasteiger partial charge on any atom is -0.493 e. The second-order valence-electron chi connectivity index (χ2n) is 9.31. The van der Waals surface area contributed by atoms with Crippen LogP contribution >= 0.6 is 0 Å². The molecule has 2 aromatic rings. The molecule has 2 aliphatic rings. The van der Waals surface area contributed by atoms with Gasteiger partial charge in [0.05, 0.1) is 19.6 Å². The molecule has 0 aliphatic carbocycles. The van der Waals surface area contributed by atoms with Crippen LogP contribution in [-0.4, -0.2) is 66.1 Å². The van der Waals surface area contributed by atoms with E-state index in [9.17, 15) is 18.0 Å². The fourth-order valence-corrected chi connectivity index (χ4v) is 4.58. The van der Waals surface area contributed by atoms with Gasteiger partial charge in [-0.3, -0.25) is 4.79 Å². The fraction of sp³-hybridized carbons (Fsp3) is 0.481. The number of carboxylic acid groups (broad SMARTS) is 2. The van der Waals surface area contributed by atoms with Crippen LogP contribution in [0.4, 0.5) is 13.2 Å². The number of nitrogens with zero attached hydrogens (tertiary/aromatic N) is 1. The number of halogens is 3. The van der Waals surface area contributed by atoms with Gasteiger partial charge in [-0.15, -0.1) is 0 Å². The first-order chi connectivity index (χ1) is 17.6. The Labute approximate surface area is 213 Å². The third-order valence-electron chi connectivity index (χ3n) is 6.70. The summed E-state index contributed by atoms with van der Waals surface area (Å²) in [6, 6.07) is 16.9. The Morgan fingerprint density at radius 3 is 2.32 bits per heavy atom. The average Bonchev–Trinajstić information content (AvgIpc) is 3.21. The van der Waals surface area contributed by atoms with Gasteiger partial charge in [0.1, 0.15) is 11.5 Å². The number of fused-ring (bicyclic) bond motifs is 2. The molecule has 0 amide bonds. The maximum atomic E-state index is 10.8. The summed E-state index contributed by atoms with van der Waals surface area (Å²) in [6.07, 6.45) is 0.393. The van der Waals surface area contributed by atoms with Crippen molar-refractivity contribution < 1.29 is 42.4 Å². The highest BCUT2D eigenvalue weighted by Crippen LogP contribution is 2.46. The molecule has 2 aliphatic heterocycles. The molecule has 0 saturated carbocycles. The number of benzene rings is 2. The number of likely N-dealkylation sites (tertiary alicyclic amines) is 1. The maximum absolute atomic E-state index is 10.8. The molecule has 0 atom stereocenters. The lowest BCUT2D eigenvalue weighted by molar-refractivity contribution is -0.192. The third kappa shape index (κ3) is 8.38. The largest absolute Gasteiger partial charge is 0.493 e. The van der Waals surface area contributed by atoms with E-state index in [1.54, 1.807) is 0 Å². The van der Waals surface area contributed by atoms with E-state index in [0.717, 1.165) is 69.9 Å².